The van der Waals surface area contributed by atoms with Crippen molar-refractivity contribution in [2.24, 2.45) is 0 Å². The molecule has 0 amide bonds. The molecule has 1 aromatic rings. The van der Waals surface area contributed by atoms with Crippen LogP contribution in [-0.2, 0) is 0 Å². The monoisotopic (exact) mass is 218 g/mol. The smallest absolute Gasteiger partial charge is 0.200 e. The molecule has 0 aliphatic heterocycles. The van der Waals surface area contributed by atoms with Gasteiger partial charge in [-0.1, -0.05) is 11.6 Å². The molecule has 0 atom stereocenters. The Kier molecular flexibility index (Phi) is 2.90. The summed E-state index contributed by atoms with van der Waals surface area (Å²) in [7, 11) is 0. The second-order valence-electron chi connectivity index (χ2n) is 3.43. The highest BCUT2D eigenvalue weighted by Crippen LogP contribution is 2.24. The van der Waals surface area contributed by atoms with Crippen molar-refractivity contribution in [3.8, 4) is 0 Å². The van der Waals surface area contributed by atoms with E-state index in [9.17, 15) is 13.6 Å². The van der Waals surface area contributed by atoms with Crippen molar-refractivity contribution in [1.29, 1.82) is 0 Å². The molecular formula is C10H9ClF2O. The van der Waals surface area contributed by atoms with Gasteiger partial charge in [0.2, 0.25) is 5.78 Å². The van der Waals surface area contributed by atoms with Crippen molar-refractivity contribution in [3.63, 3.8) is 0 Å². The summed E-state index contributed by atoms with van der Waals surface area (Å²) in [5, 5.41) is 0.0575. The van der Waals surface area contributed by atoms with Gasteiger partial charge in [0.25, 0.3) is 0 Å². The molecule has 0 N–H and O–H groups in total. The minimum atomic E-state index is -2.04. The molecule has 0 saturated carbocycles. The molecule has 0 heterocycles. The first-order valence-electron chi connectivity index (χ1n) is 4.01. The van der Waals surface area contributed by atoms with Crippen molar-refractivity contribution < 1.29 is 13.6 Å². The number of hydrogen-bond acceptors (Lipinski definition) is 1. The summed E-state index contributed by atoms with van der Waals surface area (Å²) in [6.07, 6.45) is 0. The number of benzene rings is 1. The van der Waals surface area contributed by atoms with E-state index < -0.39 is 17.3 Å². The maximum atomic E-state index is 13.2. The first-order valence-corrected chi connectivity index (χ1v) is 4.39. The van der Waals surface area contributed by atoms with E-state index >= 15 is 0 Å². The standard InChI is InChI=1S/C10H9ClF2O/c1-10(2,13)9(14)7-5-6(12)3-4-8(7)11/h3-5H,1-2H3. The van der Waals surface area contributed by atoms with Crippen molar-refractivity contribution in [2.75, 3.05) is 0 Å². The number of carbonyl (C=O) groups excluding carboxylic acids is 1. The number of rotatable bonds is 2. The summed E-state index contributed by atoms with van der Waals surface area (Å²) in [5.74, 6) is -1.43. The van der Waals surface area contributed by atoms with Crippen LogP contribution < -0.4 is 0 Å². The summed E-state index contributed by atoms with van der Waals surface area (Å²) < 4.78 is 26.0. The predicted octanol–water partition coefficient (Wildman–Crippen LogP) is 3.41. The van der Waals surface area contributed by atoms with Crippen LogP contribution in [0.2, 0.25) is 5.02 Å². The van der Waals surface area contributed by atoms with Crippen molar-refractivity contribution in [2.45, 2.75) is 19.5 Å². The zero-order chi connectivity index (χ0) is 10.9. The van der Waals surface area contributed by atoms with Crippen LogP contribution in [0.4, 0.5) is 8.78 Å². The van der Waals surface area contributed by atoms with Gasteiger partial charge in [-0.15, -0.1) is 0 Å². The Bertz CT molecular complexity index is 369. The van der Waals surface area contributed by atoms with Gasteiger partial charge in [-0.05, 0) is 32.0 Å². The molecule has 0 fully saturated rings. The van der Waals surface area contributed by atoms with Crippen LogP contribution in [0.1, 0.15) is 24.2 Å². The molecule has 0 radical (unpaired) electrons. The normalized spacial score (nSPS) is 11.5. The van der Waals surface area contributed by atoms with Crippen molar-refractivity contribution in [1.82, 2.24) is 0 Å². The van der Waals surface area contributed by atoms with Crippen molar-refractivity contribution in [3.05, 3.63) is 34.6 Å². The van der Waals surface area contributed by atoms with E-state index in [0.29, 0.717) is 0 Å². The average Bonchev–Trinajstić information content (AvgIpc) is 2.06. The van der Waals surface area contributed by atoms with Crippen molar-refractivity contribution >= 4 is 17.4 Å². The fraction of sp³-hybridized carbons (Fsp3) is 0.300. The molecule has 4 heteroatoms. The van der Waals surface area contributed by atoms with Gasteiger partial charge in [0.1, 0.15) is 5.82 Å². The third-order valence-electron chi connectivity index (χ3n) is 1.71. The van der Waals surface area contributed by atoms with Gasteiger partial charge in [0.15, 0.2) is 5.67 Å². The zero-order valence-corrected chi connectivity index (χ0v) is 8.53. The highest BCUT2D eigenvalue weighted by Gasteiger charge is 2.29. The molecule has 0 aliphatic rings. The lowest BCUT2D eigenvalue weighted by atomic mass is 9.98. The van der Waals surface area contributed by atoms with Crippen LogP contribution in [0.25, 0.3) is 0 Å². The summed E-state index contributed by atoms with van der Waals surface area (Å²) in [6, 6.07) is 3.28. The fourth-order valence-electron chi connectivity index (χ4n) is 0.992. The minimum Gasteiger partial charge on any atom is -0.291 e. The van der Waals surface area contributed by atoms with Gasteiger partial charge in [-0.2, -0.15) is 0 Å². The number of ketones is 1. The SMILES string of the molecule is CC(C)(F)C(=O)c1cc(F)ccc1Cl. The van der Waals surface area contributed by atoms with Gasteiger partial charge >= 0.3 is 0 Å². The third-order valence-corrected chi connectivity index (χ3v) is 2.04. The van der Waals surface area contributed by atoms with E-state index in [2.05, 4.69) is 0 Å². The Morgan fingerprint density at radius 2 is 2.00 bits per heavy atom. The van der Waals surface area contributed by atoms with Gasteiger partial charge < -0.3 is 0 Å². The zero-order valence-electron chi connectivity index (χ0n) is 7.77. The Morgan fingerprint density at radius 1 is 1.43 bits per heavy atom. The maximum absolute atomic E-state index is 13.2. The van der Waals surface area contributed by atoms with E-state index in [1.807, 2.05) is 0 Å². The first kappa shape index (κ1) is 11.1. The van der Waals surface area contributed by atoms with Crippen LogP contribution in [0.3, 0.4) is 0 Å². The molecule has 0 aliphatic carbocycles. The maximum Gasteiger partial charge on any atom is 0.200 e. The number of Topliss-reactive ketones (excluding diaryl/α,β-unsaturated/α-hetero) is 1. The second kappa shape index (κ2) is 3.65. The van der Waals surface area contributed by atoms with Gasteiger partial charge in [0, 0.05) is 5.56 Å². The lowest BCUT2D eigenvalue weighted by Crippen LogP contribution is -2.26. The number of hydrogen-bond donors (Lipinski definition) is 0. The van der Waals surface area contributed by atoms with Crippen LogP contribution in [-0.4, -0.2) is 11.5 Å². The Labute approximate surface area is 85.7 Å². The van der Waals surface area contributed by atoms with E-state index in [-0.39, 0.29) is 10.6 Å². The molecule has 0 spiro atoms. The van der Waals surface area contributed by atoms with Crippen LogP contribution in [0, 0.1) is 5.82 Å². The second-order valence-corrected chi connectivity index (χ2v) is 3.83. The van der Waals surface area contributed by atoms with Gasteiger partial charge in [-0.3, -0.25) is 4.79 Å². The topological polar surface area (TPSA) is 17.1 Å². The van der Waals surface area contributed by atoms with E-state index in [4.69, 9.17) is 11.6 Å². The van der Waals surface area contributed by atoms with Crippen LogP contribution >= 0.6 is 11.6 Å². The summed E-state index contributed by atoms with van der Waals surface area (Å²) >= 11 is 5.64. The molecule has 0 bridgehead atoms. The molecule has 1 rings (SSSR count). The highest BCUT2D eigenvalue weighted by molar-refractivity contribution is 6.34. The molecule has 1 nitrogen and oxygen atoms in total. The Balaban J connectivity index is 3.19. The summed E-state index contributed by atoms with van der Waals surface area (Å²) in [4.78, 5) is 11.4. The lowest BCUT2D eigenvalue weighted by molar-refractivity contribution is 0.0760. The first-order chi connectivity index (χ1) is 6.32. The largest absolute Gasteiger partial charge is 0.291 e. The highest BCUT2D eigenvalue weighted by atomic mass is 35.5. The minimum absolute atomic E-state index is 0.0575. The predicted molar refractivity (Wildman–Crippen MR) is 50.9 cm³/mol. The van der Waals surface area contributed by atoms with E-state index in [1.165, 1.54) is 6.07 Å². The number of carbonyl (C=O) groups is 1. The van der Waals surface area contributed by atoms with E-state index in [1.54, 1.807) is 0 Å². The molecule has 14 heavy (non-hydrogen) atoms. The van der Waals surface area contributed by atoms with Crippen LogP contribution in [0.15, 0.2) is 18.2 Å². The number of halogens is 3. The third kappa shape index (κ3) is 2.29. The Hall–Kier alpha value is -0.960. The van der Waals surface area contributed by atoms with Gasteiger partial charge in [-0.25, -0.2) is 8.78 Å². The fourth-order valence-corrected chi connectivity index (χ4v) is 1.20. The number of alkyl halides is 1. The summed E-state index contributed by atoms with van der Waals surface area (Å²) in [6.45, 7) is 2.22. The van der Waals surface area contributed by atoms with Crippen LogP contribution in [0.5, 0.6) is 0 Å². The molecule has 1 aromatic carbocycles. The molecule has 0 unspecified atom stereocenters. The summed E-state index contributed by atoms with van der Waals surface area (Å²) in [5.41, 5.74) is -2.17. The Morgan fingerprint density at radius 3 is 2.50 bits per heavy atom. The molecular weight excluding hydrogens is 210 g/mol. The molecule has 0 aromatic heterocycles. The molecule has 0 saturated heterocycles. The van der Waals surface area contributed by atoms with Gasteiger partial charge in [0.05, 0.1) is 5.02 Å². The molecule has 76 valence electrons. The quantitative estimate of drug-likeness (QED) is 0.696. The average molecular weight is 219 g/mol. The lowest BCUT2D eigenvalue weighted by Gasteiger charge is -2.13. The van der Waals surface area contributed by atoms with E-state index in [0.717, 1.165) is 26.0 Å².